The highest BCUT2D eigenvalue weighted by Crippen LogP contribution is 2.37. The van der Waals surface area contributed by atoms with E-state index < -0.39 is 10.9 Å². The Morgan fingerprint density at radius 1 is 1.50 bits per heavy atom. The largest absolute Gasteiger partial charge is 0.490 e. The fourth-order valence-corrected chi connectivity index (χ4v) is 1.71. The summed E-state index contributed by atoms with van der Waals surface area (Å²) in [5.74, 6) is -0.493. The summed E-state index contributed by atoms with van der Waals surface area (Å²) in [7, 11) is 1.29. The summed E-state index contributed by atoms with van der Waals surface area (Å²) >= 11 is 5.73. The highest BCUT2D eigenvalue weighted by atomic mass is 35.5. The number of carbonyl (C=O) groups excluding carboxylic acids is 1. The summed E-state index contributed by atoms with van der Waals surface area (Å²) in [6.45, 7) is 1.93. The quantitative estimate of drug-likeness (QED) is 0.467. The van der Waals surface area contributed by atoms with Crippen molar-refractivity contribution in [1.29, 1.82) is 0 Å². The average molecular weight is 274 g/mol. The molecular formula is C11H12ClNO5. The molecule has 0 saturated heterocycles. The second-order valence-electron chi connectivity index (χ2n) is 3.33. The van der Waals surface area contributed by atoms with Crippen LogP contribution in [0.15, 0.2) is 12.1 Å². The van der Waals surface area contributed by atoms with Crippen molar-refractivity contribution in [3.8, 4) is 5.75 Å². The number of rotatable bonds is 5. The third kappa shape index (κ3) is 3.10. The van der Waals surface area contributed by atoms with Crippen molar-refractivity contribution < 1.29 is 19.2 Å². The molecule has 0 spiro atoms. The van der Waals surface area contributed by atoms with Crippen molar-refractivity contribution >= 4 is 23.3 Å². The van der Waals surface area contributed by atoms with E-state index in [1.807, 2.05) is 0 Å². The van der Waals surface area contributed by atoms with Crippen LogP contribution in [0.2, 0.25) is 5.02 Å². The number of nitro groups is 1. The van der Waals surface area contributed by atoms with E-state index in [0.29, 0.717) is 5.56 Å². The normalized spacial score (nSPS) is 9.94. The Morgan fingerprint density at radius 2 is 2.17 bits per heavy atom. The minimum Gasteiger partial charge on any atom is -0.490 e. The van der Waals surface area contributed by atoms with Crippen LogP contribution in [0.1, 0.15) is 12.5 Å². The van der Waals surface area contributed by atoms with Gasteiger partial charge in [0.05, 0.1) is 25.1 Å². The van der Waals surface area contributed by atoms with Gasteiger partial charge in [0.1, 0.15) is 5.02 Å². The average Bonchev–Trinajstić information content (AvgIpc) is 2.30. The van der Waals surface area contributed by atoms with Gasteiger partial charge in [0.15, 0.2) is 0 Å². The van der Waals surface area contributed by atoms with Gasteiger partial charge >= 0.3 is 11.7 Å². The van der Waals surface area contributed by atoms with Gasteiger partial charge in [-0.2, -0.15) is 0 Å². The number of nitrogens with zero attached hydrogens (tertiary/aromatic N) is 1. The first kappa shape index (κ1) is 14.2. The Labute approximate surface area is 109 Å². The Kier molecular flexibility index (Phi) is 4.91. The number of carbonyl (C=O) groups is 1. The van der Waals surface area contributed by atoms with Crippen molar-refractivity contribution in [2.24, 2.45) is 0 Å². The molecule has 0 atom stereocenters. The summed E-state index contributed by atoms with van der Waals surface area (Å²) in [6.07, 6.45) is -0.102. The number of benzene rings is 1. The molecule has 0 bridgehead atoms. The van der Waals surface area contributed by atoms with Crippen LogP contribution in [0.5, 0.6) is 5.75 Å². The van der Waals surface area contributed by atoms with Gasteiger partial charge in [0.2, 0.25) is 5.75 Å². The number of nitro benzene ring substituents is 1. The van der Waals surface area contributed by atoms with E-state index in [0.717, 1.165) is 0 Å². The van der Waals surface area contributed by atoms with Crippen molar-refractivity contribution in [1.82, 2.24) is 0 Å². The van der Waals surface area contributed by atoms with Gasteiger partial charge < -0.3 is 9.47 Å². The zero-order valence-electron chi connectivity index (χ0n) is 9.94. The number of ether oxygens (including phenoxy) is 2. The van der Waals surface area contributed by atoms with E-state index in [9.17, 15) is 14.9 Å². The maximum absolute atomic E-state index is 11.4. The molecule has 0 amide bonds. The Morgan fingerprint density at radius 3 is 2.67 bits per heavy atom. The zero-order chi connectivity index (χ0) is 13.7. The van der Waals surface area contributed by atoms with Gasteiger partial charge in [0, 0.05) is 5.56 Å². The Hall–Kier alpha value is -1.82. The van der Waals surface area contributed by atoms with Gasteiger partial charge in [-0.05, 0) is 13.0 Å². The molecule has 0 aromatic heterocycles. The van der Waals surface area contributed by atoms with Gasteiger partial charge in [-0.25, -0.2) is 0 Å². The van der Waals surface area contributed by atoms with Crippen LogP contribution >= 0.6 is 11.6 Å². The number of hydrogen-bond acceptors (Lipinski definition) is 5. The first-order chi connectivity index (χ1) is 8.51. The zero-order valence-corrected chi connectivity index (χ0v) is 10.7. The molecule has 1 aromatic carbocycles. The highest BCUT2D eigenvalue weighted by Gasteiger charge is 2.24. The molecule has 0 saturated carbocycles. The minimum atomic E-state index is -0.643. The fraction of sp³-hybridized carbons (Fsp3) is 0.364. The Bertz CT molecular complexity index is 475. The molecule has 98 valence electrons. The lowest BCUT2D eigenvalue weighted by molar-refractivity contribution is -0.385. The van der Waals surface area contributed by atoms with E-state index in [1.165, 1.54) is 19.2 Å². The standard InChI is InChI=1S/C11H12ClNO5/c1-3-18-9(14)6-7-4-5-8(12)10(13(15)16)11(7)17-2/h4-5H,3,6H2,1-2H3. The molecular weight excluding hydrogens is 262 g/mol. The van der Waals surface area contributed by atoms with E-state index in [2.05, 4.69) is 0 Å². The third-order valence-corrected chi connectivity index (χ3v) is 2.50. The van der Waals surface area contributed by atoms with Crippen LogP contribution < -0.4 is 4.74 Å². The van der Waals surface area contributed by atoms with Crippen molar-refractivity contribution in [3.63, 3.8) is 0 Å². The molecule has 0 aliphatic carbocycles. The smallest absolute Gasteiger partial charge is 0.329 e. The molecule has 0 unspecified atom stereocenters. The second-order valence-corrected chi connectivity index (χ2v) is 3.73. The van der Waals surface area contributed by atoms with Crippen LogP contribution in [0, 0.1) is 10.1 Å². The van der Waals surface area contributed by atoms with Crippen LogP contribution in [0.3, 0.4) is 0 Å². The van der Waals surface area contributed by atoms with Crippen molar-refractivity contribution in [3.05, 3.63) is 32.8 Å². The summed E-state index contributed by atoms with van der Waals surface area (Å²) in [5, 5.41) is 10.9. The van der Waals surface area contributed by atoms with Crippen molar-refractivity contribution in [2.75, 3.05) is 13.7 Å². The molecule has 1 rings (SSSR count). The fourth-order valence-electron chi connectivity index (χ4n) is 1.49. The van der Waals surface area contributed by atoms with Crippen LogP contribution in [-0.2, 0) is 16.0 Å². The van der Waals surface area contributed by atoms with E-state index in [-0.39, 0.29) is 29.5 Å². The monoisotopic (exact) mass is 273 g/mol. The van der Waals surface area contributed by atoms with Crippen LogP contribution in [0.4, 0.5) is 5.69 Å². The highest BCUT2D eigenvalue weighted by molar-refractivity contribution is 6.33. The number of hydrogen-bond donors (Lipinski definition) is 0. The number of halogens is 1. The molecule has 0 aliphatic heterocycles. The van der Waals surface area contributed by atoms with Crippen LogP contribution in [-0.4, -0.2) is 24.6 Å². The SMILES string of the molecule is CCOC(=O)Cc1ccc(Cl)c([N+](=O)[O-])c1OC. The number of esters is 1. The molecule has 0 aliphatic rings. The predicted octanol–water partition coefficient (Wildman–Crippen LogP) is 2.36. The molecule has 1 aromatic rings. The lowest BCUT2D eigenvalue weighted by Gasteiger charge is -2.09. The summed E-state index contributed by atoms with van der Waals surface area (Å²) in [6, 6.07) is 2.86. The molecule has 0 heterocycles. The van der Waals surface area contributed by atoms with Crippen LogP contribution in [0.25, 0.3) is 0 Å². The molecule has 0 fully saturated rings. The predicted molar refractivity (Wildman–Crippen MR) is 65.0 cm³/mol. The van der Waals surface area contributed by atoms with Gasteiger partial charge in [-0.3, -0.25) is 14.9 Å². The molecule has 18 heavy (non-hydrogen) atoms. The molecule has 7 heteroatoms. The van der Waals surface area contributed by atoms with Crippen molar-refractivity contribution in [2.45, 2.75) is 13.3 Å². The van der Waals surface area contributed by atoms with Gasteiger partial charge in [-0.1, -0.05) is 17.7 Å². The third-order valence-electron chi connectivity index (χ3n) is 2.19. The first-order valence-corrected chi connectivity index (χ1v) is 5.54. The first-order valence-electron chi connectivity index (χ1n) is 5.16. The summed E-state index contributed by atoms with van der Waals surface area (Å²) in [5.41, 5.74) is 0.0213. The van der Waals surface area contributed by atoms with E-state index in [1.54, 1.807) is 6.92 Å². The van der Waals surface area contributed by atoms with E-state index in [4.69, 9.17) is 21.1 Å². The Balaban J connectivity index is 3.17. The molecule has 6 nitrogen and oxygen atoms in total. The van der Waals surface area contributed by atoms with Gasteiger partial charge in [0.25, 0.3) is 0 Å². The molecule has 0 N–H and O–H groups in total. The van der Waals surface area contributed by atoms with E-state index >= 15 is 0 Å². The maximum atomic E-state index is 11.4. The topological polar surface area (TPSA) is 78.7 Å². The minimum absolute atomic E-state index is 0.0134. The number of methoxy groups -OCH3 is 1. The summed E-state index contributed by atoms with van der Waals surface area (Å²) < 4.78 is 9.74. The lowest BCUT2D eigenvalue weighted by Crippen LogP contribution is -2.09. The lowest BCUT2D eigenvalue weighted by atomic mass is 10.1. The second kappa shape index (κ2) is 6.20. The summed E-state index contributed by atoms with van der Waals surface area (Å²) in [4.78, 5) is 21.6. The molecule has 0 radical (unpaired) electrons. The van der Waals surface area contributed by atoms with Gasteiger partial charge in [-0.15, -0.1) is 0 Å². The maximum Gasteiger partial charge on any atom is 0.329 e.